The SMILES string of the molecule is CCC(C(=O)NCc1nc(OC)nc(N2CCCCC2)n1)c1ccccc1. The zero-order chi connectivity index (χ0) is 19.1. The van der Waals surface area contributed by atoms with Gasteiger partial charge < -0.3 is 15.0 Å². The summed E-state index contributed by atoms with van der Waals surface area (Å²) in [6.45, 7) is 4.13. The fourth-order valence-electron chi connectivity index (χ4n) is 3.34. The van der Waals surface area contributed by atoms with Gasteiger partial charge in [0.1, 0.15) is 0 Å². The third-order valence-electron chi connectivity index (χ3n) is 4.82. The van der Waals surface area contributed by atoms with Gasteiger partial charge in [0.05, 0.1) is 19.6 Å². The molecule has 0 spiro atoms. The second kappa shape index (κ2) is 9.30. The molecule has 1 atom stereocenters. The van der Waals surface area contributed by atoms with Crippen molar-refractivity contribution in [3.05, 3.63) is 41.7 Å². The number of anilines is 1. The third kappa shape index (κ3) is 4.93. The number of methoxy groups -OCH3 is 1. The molecule has 0 radical (unpaired) electrons. The molecule has 1 aromatic carbocycles. The summed E-state index contributed by atoms with van der Waals surface area (Å²) in [5.74, 6) is 0.929. The molecular weight excluding hydrogens is 342 g/mol. The second-order valence-electron chi connectivity index (χ2n) is 6.68. The molecule has 27 heavy (non-hydrogen) atoms. The molecule has 2 heterocycles. The van der Waals surface area contributed by atoms with Crippen LogP contribution in [0.5, 0.6) is 6.01 Å². The zero-order valence-electron chi connectivity index (χ0n) is 16.0. The van der Waals surface area contributed by atoms with Gasteiger partial charge >= 0.3 is 6.01 Å². The normalized spacial score (nSPS) is 15.3. The van der Waals surface area contributed by atoms with E-state index in [0.717, 1.165) is 37.9 Å². The van der Waals surface area contributed by atoms with Crippen molar-refractivity contribution in [1.29, 1.82) is 0 Å². The molecule has 2 aromatic rings. The van der Waals surface area contributed by atoms with Crippen molar-refractivity contribution in [3.63, 3.8) is 0 Å². The van der Waals surface area contributed by atoms with Gasteiger partial charge in [-0.2, -0.15) is 15.0 Å². The fraction of sp³-hybridized carbons (Fsp3) is 0.500. The number of aromatic nitrogens is 3. The Balaban J connectivity index is 1.70. The van der Waals surface area contributed by atoms with Gasteiger partial charge in [-0.25, -0.2) is 0 Å². The van der Waals surface area contributed by atoms with Gasteiger partial charge in [-0.05, 0) is 31.2 Å². The molecule has 1 N–H and O–H groups in total. The number of rotatable bonds is 7. The summed E-state index contributed by atoms with van der Waals surface area (Å²) in [6.07, 6.45) is 4.24. The Bertz CT molecular complexity index is 747. The highest BCUT2D eigenvalue weighted by Crippen LogP contribution is 2.20. The van der Waals surface area contributed by atoms with Crippen molar-refractivity contribution in [1.82, 2.24) is 20.3 Å². The maximum atomic E-state index is 12.7. The number of amides is 1. The van der Waals surface area contributed by atoms with Crippen molar-refractivity contribution in [3.8, 4) is 6.01 Å². The van der Waals surface area contributed by atoms with Gasteiger partial charge in [0.15, 0.2) is 5.82 Å². The number of benzene rings is 1. The van der Waals surface area contributed by atoms with Gasteiger partial charge in [0.2, 0.25) is 11.9 Å². The van der Waals surface area contributed by atoms with E-state index in [1.807, 2.05) is 37.3 Å². The molecule has 1 aromatic heterocycles. The lowest BCUT2D eigenvalue weighted by Gasteiger charge is -2.26. The van der Waals surface area contributed by atoms with Crippen LogP contribution in [0.3, 0.4) is 0 Å². The van der Waals surface area contributed by atoms with E-state index in [9.17, 15) is 4.79 Å². The molecule has 1 aliphatic rings. The van der Waals surface area contributed by atoms with E-state index in [0.29, 0.717) is 11.8 Å². The Morgan fingerprint density at radius 2 is 1.89 bits per heavy atom. The average molecular weight is 369 g/mol. The van der Waals surface area contributed by atoms with E-state index in [2.05, 4.69) is 25.2 Å². The first-order valence-corrected chi connectivity index (χ1v) is 9.57. The Labute approximate surface area is 160 Å². The molecule has 1 unspecified atom stereocenters. The minimum absolute atomic E-state index is 0.0254. The molecule has 1 aliphatic heterocycles. The van der Waals surface area contributed by atoms with E-state index in [-0.39, 0.29) is 24.4 Å². The summed E-state index contributed by atoms with van der Waals surface area (Å²) >= 11 is 0. The van der Waals surface area contributed by atoms with Gasteiger partial charge in [-0.3, -0.25) is 4.79 Å². The molecule has 1 fully saturated rings. The number of hydrogen-bond acceptors (Lipinski definition) is 6. The topological polar surface area (TPSA) is 80.2 Å². The maximum Gasteiger partial charge on any atom is 0.321 e. The summed E-state index contributed by atoms with van der Waals surface area (Å²) < 4.78 is 5.23. The molecular formula is C20H27N5O2. The van der Waals surface area contributed by atoms with Crippen LogP contribution >= 0.6 is 0 Å². The van der Waals surface area contributed by atoms with Gasteiger partial charge in [-0.1, -0.05) is 37.3 Å². The van der Waals surface area contributed by atoms with E-state index in [1.165, 1.54) is 6.42 Å². The van der Waals surface area contributed by atoms with Crippen molar-refractivity contribution in [2.45, 2.75) is 45.1 Å². The van der Waals surface area contributed by atoms with E-state index < -0.39 is 0 Å². The summed E-state index contributed by atoms with van der Waals surface area (Å²) in [7, 11) is 1.54. The monoisotopic (exact) mass is 369 g/mol. The summed E-state index contributed by atoms with van der Waals surface area (Å²) in [5.41, 5.74) is 1.01. The lowest BCUT2D eigenvalue weighted by molar-refractivity contribution is -0.122. The van der Waals surface area contributed by atoms with Crippen LogP contribution < -0.4 is 15.0 Å². The van der Waals surface area contributed by atoms with Crippen molar-refractivity contribution >= 4 is 11.9 Å². The molecule has 144 valence electrons. The van der Waals surface area contributed by atoms with Crippen LogP contribution in [0.25, 0.3) is 0 Å². The zero-order valence-corrected chi connectivity index (χ0v) is 16.0. The quantitative estimate of drug-likeness (QED) is 0.808. The van der Waals surface area contributed by atoms with Crippen molar-refractivity contribution < 1.29 is 9.53 Å². The Kier molecular flexibility index (Phi) is 6.57. The summed E-state index contributed by atoms with van der Waals surface area (Å²) in [5, 5.41) is 2.96. The summed E-state index contributed by atoms with van der Waals surface area (Å²) in [6, 6.07) is 10.1. The average Bonchev–Trinajstić information content (AvgIpc) is 2.74. The van der Waals surface area contributed by atoms with E-state index >= 15 is 0 Å². The lowest BCUT2D eigenvalue weighted by Crippen LogP contribution is -2.33. The highest BCUT2D eigenvalue weighted by molar-refractivity contribution is 5.83. The van der Waals surface area contributed by atoms with Crippen LogP contribution in [0, 0.1) is 0 Å². The first-order valence-electron chi connectivity index (χ1n) is 9.57. The minimum Gasteiger partial charge on any atom is -0.467 e. The van der Waals surface area contributed by atoms with Gasteiger partial charge in [0.25, 0.3) is 0 Å². The standard InChI is InChI=1S/C20H27N5O2/c1-3-16(15-10-6-4-7-11-15)18(26)21-14-17-22-19(24-20(23-17)27-2)25-12-8-5-9-13-25/h4,6-7,10-11,16H,3,5,8-9,12-14H2,1-2H3,(H,21,26). The molecule has 7 heteroatoms. The van der Waals surface area contributed by atoms with Crippen molar-refractivity contribution in [2.24, 2.45) is 0 Å². The van der Waals surface area contributed by atoms with E-state index in [4.69, 9.17) is 4.74 Å². The van der Waals surface area contributed by atoms with E-state index in [1.54, 1.807) is 7.11 Å². The smallest absolute Gasteiger partial charge is 0.321 e. The lowest BCUT2D eigenvalue weighted by atomic mass is 9.96. The van der Waals surface area contributed by atoms with Crippen LogP contribution in [0.4, 0.5) is 5.95 Å². The molecule has 1 amide bonds. The minimum atomic E-state index is -0.184. The highest BCUT2D eigenvalue weighted by Gasteiger charge is 2.20. The number of nitrogens with one attached hydrogen (secondary N) is 1. The fourth-order valence-corrected chi connectivity index (χ4v) is 3.34. The number of piperidine rings is 1. The van der Waals surface area contributed by atoms with Crippen LogP contribution in [0.1, 0.15) is 49.9 Å². The first-order chi connectivity index (χ1) is 13.2. The number of carbonyl (C=O) groups is 1. The number of carbonyl (C=O) groups excluding carboxylic acids is 1. The highest BCUT2D eigenvalue weighted by atomic mass is 16.5. The number of ether oxygens (including phenoxy) is 1. The van der Waals surface area contributed by atoms with Crippen LogP contribution in [-0.2, 0) is 11.3 Å². The molecule has 3 rings (SSSR count). The predicted molar refractivity (Wildman–Crippen MR) is 104 cm³/mol. The Morgan fingerprint density at radius 1 is 1.15 bits per heavy atom. The first kappa shape index (κ1) is 19.1. The Hall–Kier alpha value is -2.70. The third-order valence-corrected chi connectivity index (χ3v) is 4.82. The van der Waals surface area contributed by atoms with Crippen molar-refractivity contribution in [2.75, 3.05) is 25.1 Å². The van der Waals surface area contributed by atoms with Crippen LogP contribution in [0.2, 0.25) is 0 Å². The molecule has 0 aliphatic carbocycles. The number of hydrogen-bond donors (Lipinski definition) is 1. The molecule has 1 saturated heterocycles. The maximum absolute atomic E-state index is 12.7. The van der Waals surface area contributed by atoms with Crippen LogP contribution in [0.15, 0.2) is 30.3 Å². The largest absolute Gasteiger partial charge is 0.467 e. The molecule has 0 bridgehead atoms. The molecule has 7 nitrogen and oxygen atoms in total. The number of nitrogens with zero attached hydrogens (tertiary/aromatic N) is 4. The van der Waals surface area contributed by atoms with Gasteiger partial charge in [-0.15, -0.1) is 0 Å². The molecule has 0 saturated carbocycles. The second-order valence-corrected chi connectivity index (χ2v) is 6.68. The Morgan fingerprint density at radius 3 is 2.56 bits per heavy atom. The van der Waals surface area contributed by atoms with Crippen LogP contribution in [-0.4, -0.2) is 41.1 Å². The van der Waals surface area contributed by atoms with Gasteiger partial charge in [0, 0.05) is 13.1 Å². The summed E-state index contributed by atoms with van der Waals surface area (Å²) in [4.78, 5) is 28.0. The predicted octanol–water partition coefficient (Wildman–Crippen LogP) is 2.68.